The molecule has 0 atom stereocenters. The van der Waals surface area contributed by atoms with Gasteiger partial charge in [0.1, 0.15) is 0 Å². The minimum Gasteiger partial charge on any atom is -0.469 e. The highest BCUT2D eigenvalue weighted by molar-refractivity contribution is 5.70. The van der Waals surface area contributed by atoms with Crippen LogP contribution in [0.25, 0.3) is 0 Å². The molecule has 1 aliphatic rings. The van der Waals surface area contributed by atoms with E-state index in [1.807, 2.05) is 0 Å². The molecule has 0 spiro atoms. The molecule has 1 N–H and O–H groups in total. The van der Waals surface area contributed by atoms with Crippen molar-refractivity contribution in [2.75, 3.05) is 13.7 Å². The van der Waals surface area contributed by atoms with Crippen LogP contribution in [-0.2, 0) is 9.53 Å². The van der Waals surface area contributed by atoms with Crippen molar-refractivity contribution in [3.05, 3.63) is 0 Å². The molecule has 1 rings (SSSR count). The Morgan fingerprint density at radius 1 is 1.33 bits per heavy atom. The van der Waals surface area contributed by atoms with Crippen molar-refractivity contribution in [2.45, 2.75) is 57.4 Å². The summed E-state index contributed by atoms with van der Waals surface area (Å²) in [6, 6.07) is 0. The molecule has 1 fully saturated rings. The smallest absolute Gasteiger partial charge is 0.307 e. The van der Waals surface area contributed by atoms with Crippen molar-refractivity contribution < 1.29 is 9.53 Å². The molecule has 0 radical (unpaired) electrons. The molecule has 88 valence electrons. The van der Waals surface area contributed by atoms with E-state index in [0.717, 1.165) is 25.8 Å². The second-order valence-corrected chi connectivity index (χ2v) is 4.52. The van der Waals surface area contributed by atoms with E-state index in [9.17, 15) is 4.79 Å². The van der Waals surface area contributed by atoms with Gasteiger partial charge >= 0.3 is 5.97 Å². The van der Waals surface area contributed by atoms with Gasteiger partial charge in [-0.2, -0.15) is 0 Å². The number of carbonyl (C=O) groups is 1. The highest BCUT2D eigenvalue weighted by Crippen LogP contribution is 2.31. The quantitative estimate of drug-likeness (QED) is 0.712. The van der Waals surface area contributed by atoms with Gasteiger partial charge in [0.05, 0.1) is 13.5 Å². The van der Waals surface area contributed by atoms with Crippen LogP contribution in [0, 0.1) is 0 Å². The molecule has 0 aromatic heterocycles. The second kappa shape index (κ2) is 6.11. The van der Waals surface area contributed by atoms with Crippen molar-refractivity contribution in [3.8, 4) is 0 Å². The van der Waals surface area contributed by atoms with Gasteiger partial charge in [0, 0.05) is 5.54 Å². The van der Waals surface area contributed by atoms with Gasteiger partial charge in [-0.3, -0.25) is 4.79 Å². The largest absolute Gasteiger partial charge is 0.469 e. The summed E-state index contributed by atoms with van der Waals surface area (Å²) in [5.74, 6) is -0.0829. The molecule has 0 bridgehead atoms. The molecule has 0 aromatic carbocycles. The topological polar surface area (TPSA) is 38.3 Å². The monoisotopic (exact) mass is 213 g/mol. The number of rotatable bonds is 5. The number of hydrogen-bond acceptors (Lipinski definition) is 3. The maximum Gasteiger partial charge on any atom is 0.307 e. The molecule has 15 heavy (non-hydrogen) atoms. The third-order valence-corrected chi connectivity index (χ3v) is 3.27. The van der Waals surface area contributed by atoms with Crippen LogP contribution in [-0.4, -0.2) is 25.2 Å². The highest BCUT2D eigenvalue weighted by Gasteiger charge is 2.33. The summed E-state index contributed by atoms with van der Waals surface area (Å²) in [6.07, 6.45) is 7.63. The van der Waals surface area contributed by atoms with Crippen LogP contribution in [0.15, 0.2) is 0 Å². The Labute approximate surface area is 92.6 Å². The Balaban J connectivity index is 2.53. The second-order valence-electron chi connectivity index (χ2n) is 4.52. The zero-order chi connectivity index (χ0) is 11.1. The summed E-state index contributed by atoms with van der Waals surface area (Å²) >= 11 is 0. The fourth-order valence-corrected chi connectivity index (χ4v) is 2.38. The van der Waals surface area contributed by atoms with Gasteiger partial charge in [-0.05, 0) is 25.8 Å². The minimum atomic E-state index is -0.0829. The van der Waals surface area contributed by atoms with Gasteiger partial charge in [-0.25, -0.2) is 0 Å². The molecule has 1 saturated carbocycles. The summed E-state index contributed by atoms with van der Waals surface area (Å²) in [5.41, 5.74) is 0.0291. The standard InChI is InChI=1S/C12H23NO2/c1-3-9-13-12(10-11(14)15-2)7-5-4-6-8-12/h13H,3-10H2,1-2H3. The molecule has 0 aliphatic heterocycles. The Bertz CT molecular complexity index is 198. The van der Waals surface area contributed by atoms with Crippen molar-refractivity contribution in [2.24, 2.45) is 0 Å². The lowest BCUT2D eigenvalue weighted by Gasteiger charge is -2.37. The van der Waals surface area contributed by atoms with E-state index in [4.69, 9.17) is 4.74 Å². The van der Waals surface area contributed by atoms with Gasteiger partial charge in [-0.1, -0.05) is 26.2 Å². The molecule has 0 amide bonds. The summed E-state index contributed by atoms with van der Waals surface area (Å²) in [5, 5.41) is 3.55. The number of ether oxygens (including phenoxy) is 1. The lowest BCUT2D eigenvalue weighted by molar-refractivity contribution is -0.142. The third-order valence-electron chi connectivity index (χ3n) is 3.27. The molecule has 3 heteroatoms. The molecule has 0 unspecified atom stereocenters. The summed E-state index contributed by atoms with van der Waals surface area (Å²) in [7, 11) is 1.47. The molecule has 0 aromatic rings. The van der Waals surface area contributed by atoms with Gasteiger partial charge in [0.25, 0.3) is 0 Å². The Kier molecular flexibility index (Phi) is 5.09. The lowest BCUT2D eigenvalue weighted by atomic mass is 9.79. The van der Waals surface area contributed by atoms with Crippen LogP contribution in [0.3, 0.4) is 0 Å². The van der Waals surface area contributed by atoms with E-state index < -0.39 is 0 Å². The summed E-state index contributed by atoms with van der Waals surface area (Å²) in [6.45, 7) is 3.15. The number of hydrogen-bond donors (Lipinski definition) is 1. The van der Waals surface area contributed by atoms with Crippen LogP contribution in [0.2, 0.25) is 0 Å². The Morgan fingerprint density at radius 2 is 2.00 bits per heavy atom. The molecular weight excluding hydrogens is 190 g/mol. The molecule has 3 nitrogen and oxygen atoms in total. The fraction of sp³-hybridized carbons (Fsp3) is 0.917. The first kappa shape index (κ1) is 12.5. The fourth-order valence-electron chi connectivity index (χ4n) is 2.38. The first-order valence-corrected chi connectivity index (χ1v) is 6.04. The maximum absolute atomic E-state index is 11.4. The predicted octanol–water partition coefficient (Wildman–Crippen LogP) is 2.25. The van der Waals surface area contributed by atoms with Crippen molar-refractivity contribution in [1.29, 1.82) is 0 Å². The van der Waals surface area contributed by atoms with Gasteiger partial charge in [0.15, 0.2) is 0 Å². The van der Waals surface area contributed by atoms with Crippen LogP contribution < -0.4 is 5.32 Å². The summed E-state index contributed by atoms with van der Waals surface area (Å²) < 4.78 is 4.78. The number of esters is 1. The number of nitrogens with one attached hydrogen (secondary N) is 1. The molecule has 0 heterocycles. The average Bonchev–Trinajstić information content (AvgIpc) is 2.27. The van der Waals surface area contributed by atoms with Gasteiger partial charge in [0.2, 0.25) is 0 Å². The zero-order valence-electron chi connectivity index (χ0n) is 9.97. The van der Waals surface area contributed by atoms with Gasteiger partial charge < -0.3 is 10.1 Å². The SMILES string of the molecule is CCCNC1(CC(=O)OC)CCCCC1. The van der Waals surface area contributed by atoms with Crippen molar-refractivity contribution in [1.82, 2.24) is 5.32 Å². The van der Waals surface area contributed by atoms with E-state index in [0.29, 0.717) is 6.42 Å². The van der Waals surface area contributed by atoms with Crippen LogP contribution >= 0.6 is 0 Å². The predicted molar refractivity (Wildman–Crippen MR) is 60.7 cm³/mol. The van der Waals surface area contributed by atoms with Crippen molar-refractivity contribution >= 4 is 5.97 Å². The van der Waals surface area contributed by atoms with Gasteiger partial charge in [-0.15, -0.1) is 0 Å². The lowest BCUT2D eigenvalue weighted by Crippen LogP contribution is -2.48. The zero-order valence-corrected chi connectivity index (χ0v) is 9.97. The van der Waals surface area contributed by atoms with Crippen LogP contribution in [0.5, 0.6) is 0 Å². The highest BCUT2D eigenvalue weighted by atomic mass is 16.5. The third kappa shape index (κ3) is 3.82. The molecular formula is C12H23NO2. The molecule has 1 aliphatic carbocycles. The average molecular weight is 213 g/mol. The maximum atomic E-state index is 11.4. The van der Waals surface area contributed by atoms with E-state index in [1.54, 1.807) is 0 Å². The minimum absolute atomic E-state index is 0.0291. The van der Waals surface area contributed by atoms with E-state index in [2.05, 4.69) is 12.2 Å². The first-order valence-electron chi connectivity index (χ1n) is 6.04. The summed E-state index contributed by atoms with van der Waals surface area (Å²) in [4.78, 5) is 11.4. The van der Waals surface area contributed by atoms with E-state index in [-0.39, 0.29) is 11.5 Å². The normalized spacial score (nSPS) is 19.9. The first-order chi connectivity index (χ1) is 7.22. The number of carbonyl (C=O) groups excluding carboxylic acids is 1. The van der Waals surface area contributed by atoms with Crippen LogP contribution in [0.4, 0.5) is 0 Å². The Hall–Kier alpha value is -0.570. The number of methoxy groups -OCH3 is 1. The Morgan fingerprint density at radius 3 is 2.53 bits per heavy atom. The molecule has 0 saturated heterocycles. The van der Waals surface area contributed by atoms with E-state index >= 15 is 0 Å². The van der Waals surface area contributed by atoms with Crippen molar-refractivity contribution in [3.63, 3.8) is 0 Å². The van der Waals surface area contributed by atoms with Crippen LogP contribution in [0.1, 0.15) is 51.9 Å². The van der Waals surface area contributed by atoms with E-state index in [1.165, 1.54) is 26.4 Å².